The first-order valence-electron chi connectivity index (χ1n) is 4.81. The molecule has 3 rings (SSSR count). The fourth-order valence-corrected chi connectivity index (χ4v) is 2.06. The summed E-state index contributed by atoms with van der Waals surface area (Å²) in [5.74, 6) is -0.919. The summed E-state index contributed by atoms with van der Waals surface area (Å²) in [5, 5.41) is 10.7. The Hall–Kier alpha value is -1.07. The standard InChI is InChI=1S/C9H12N2O3/c12-8(13)6-1-4-11-7(14-6)5-9(10-11)2-3-9/h1,4,6-7,10H,2-3,5H2,(H,12,13). The zero-order valence-electron chi connectivity index (χ0n) is 7.64. The van der Waals surface area contributed by atoms with Crippen molar-refractivity contribution in [2.75, 3.05) is 0 Å². The van der Waals surface area contributed by atoms with Gasteiger partial charge < -0.3 is 9.84 Å². The molecule has 0 aromatic carbocycles. The van der Waals surface area contributed by atoms with Gasteiger partial charge in [-0.05, 0) is 18.9 Å². The molecule has 0 bridgehead atoms. The summed E-state index contributed by atoms with van der Waals surface area (Å²) < 4.78 is 5.42. The molecule has 0 aromatic heterocycles. The number of nitrogens with one attached hydrogen (secondary N) is 1. The highest BCUT2D eigenvalue weighted by atomic mass is 16.5. The van der Waals surface area contributed by atoms with Gasteiger partial charge in [0.15, 0.2) is 6.10 Å². The fourth-order valence-electron chi connectivity index (χ4n) is 2.06. The molecule has 0 aromatic rings. The third kappa shape index (κ3) is 1.13. The third-order valence-corrected chi connectivity index (χ3v) is 3.06. The minimum Gasteiger partial charge on any atom is -0.479 e. The van der Waals surface area contributed by atoms with Gasteiger partial charge >= 0.3 is 5.97 Å². The Balaban J connectivity index is 1.76. The number of hydrogen-bond donors (Lipinski definition) is 2. The van der Waals surface area contributed by atoms with Crippen LogP contribution in [-0.2, 0) is 9.53 Å². The molecule has 1 saturated heterocycles. The largest absolute Gasteiger partial charge is 0.479 e. The minimum atomic E-state index is -0.919. The van der Waals surface area contributed by atoms with Crippen molar-refractivity contribution in [2.24, 2.45) is 0 Å². The molecule has 2 heterocycles. The summed E-state index contributed by atoms with van der Waals surface area (Å²) in [7, 11) is 0. The van der Waals surface area contributed by atoms with E-state index in [1.165, 1.54) is 0 Å². The van der Waals surface area contributed by atoms with Crippen molar-refractivity contribution in [3.8, 4) is 0 Å². The van der Waals surface area contributed by atoms with Gasteiger partial charge in [-0.25, -0.2) is 10.2 Å². The molecular formula is C9H12N2O3. The van der Waals surface area contributed by atoms with Crippen LogP contribution in [-0.4, -0.2) is 34.0 Å². The number of nitrogens with zero attached hydrogens (tertiary/aromatic N) is 1. The second-order valence-corrected chi connectivity index (χ2v) is 4.19. The highest BCUT2D eigenvalue weighted by Crippen LogP contribution is 2.45. The van der Waals surface area contributed by atoms with Gasteiger partial charge in [0.25, 0.3) is 0 Å². The molecule has 1 saturated carbocycles. The maximum atomic E-state index is 10.7. The molecule has 14 heavy (non-hydrogen) atoms. The number of rotatable bonds is 1. The second kappa shape index (κ2) is 2.49. The van der Waals surface area contributed by atoms with Crippen LogP contribution in [0.25, 0.3) is 0 Å². The van der Waals surface area contributed by atoms with Crippen molar-refractivity contribution in [2.45, 2.75) is 37.1 Å². The molecule has 1 aliphatic carbocycles. The molecular weight excluding hydrogens is 184 g/mol. The number of aliphatic carboxylic acids is 1. The molecule has 0 amide bonds. The summed E-state index contributed by atoms with van der Waals surface area (Å²) in [6.45, 7) is 0. The van der Waals surface area contributed by atoms with Gasteiger partial charge in [-0.1, -0.05) is 0 Å². The number of ether oxygens (including phenoxy) is 1. The van der Waals surface area contributed by atoms with Gasteiger partial charge in [-0.15, -0.1) is 0 Å². The first kappa shape index (κ1) is 8.26. The van der Waals surface area contributed by atoms with Crippen LogP contribution in [0.3, 0.4) is 0 Å². The van der Waals surface area contributed by atoms with Crippen molar-refractivity contribution in [3.63, 3.8) is 0 Å². The predicted octanol–water partition coefficient (Wildman–Crippen LogP) is 0.0525. The van der Waals surface area contributed by atoms with Crippen molar-refractivity contribution in [1.82, 2.24) is 10.4 Å². The smallest absolute Gasteiger partial charge is 0.337 e. The first-order valence-corrected chi connectivity index (χ1v) is 4.81. The Morgan fingerprint density at radius 1 is 1.64 bits per heavy atom. The van der Waals surface area contributed by atoms with E-state index in [2.05, 4.69) is 5.43 Å². The monoisotopic (exact) mass is 196 g/mol. The average Bonchev–Trinajstić information content (AvgIpc) is 2.79. The van der Waals surface area contributed by atoms with E-state index in [4.69, 9.17) is 9.84 Å². The molecule has 3 aliphatic rings. The Kier molecular flexibility index (Phi) is 1.47. The molecule has 76 valence electrons. The van der Waals surface area contributed by atoms with Crippen LogP contribution in [0, 0.1) is 0 Å². The molecule has 5 heteroatoms. The molecule has 2 fully saturated rings. The van der Waals surface area contributed by atoms with Gasteiger partial charge in [0.05, 0.1) is 0 Å². The summed E-state index contributed by atoms with van der Waals surface area (Å²) in [6.07, 6.45) is 5.66. The Morgan fingerprint density at radius 3 is 3.07 bits per heavy atom. The lowest BCUT2D eigenvalue weighted by atomic mass is 10.2. The third-order valence-electron chi connectivity index (χ3n) is 3.06. The van der Waals surface area contributed by atoms with Crippen LogP contribution in [0.4, 0.5) is 0 Å². The number of hydrogen-bond acceptors (Lipinski definition) is 4. The van der Waals surface area contributed by atoms with Gasteiger partial charge in [-0.3, -0.25) is 5.01 Å². The summed E-state index contributed by atoms with van der Waals surface area (Å²) in [4.78, 5) is 10.7. The zero-order chi connectivity index (χ0) is 9.76. The van der Waals surface area contributed by atoms with E-state index in [0.29, 0.717) is 0 Å². The van der Waals surface area contributed by atoms with Crippen molar-refractivity contribution in [1.29, 1.82) is 0 Å². The lowest BCUT2D eigenvalue weighted by Gasteiger charge is -2.28. The van der Waals surface area contributed by atoms with E-state index >= 15 is 0 Å². The van der Waals surface area contributed by atoms with E-state index in [9.17, 15) is 4.79 Å². The van der Waals surface area contributed by atoms with Crippen molar-refractivity contribution in [3.05, 3.63) is 12.3 Å². The van der Waals surface area contributed by atoms with E-state index in [0.717, 1.165) is 19.3 Å². The van der Waals surface area contributed by atoms with E-state index in [1.807, 2.05) is 5.01 Å². The number of carboxylic acid groups (broad SMARTS) is 1. The topological polar surface area (TPSA) is 61.8 Å². The normalized spacial score (nSPS) is 37.3. The Morgan fingerprint density at radius 2 is 2.43 bits per heavy atom. The maximum Gasteiger partial charge on any atom is 0.337 e. The lowest BCUT2D eigenvalue weighted by Crippen LogP contribution is -2.42. The Labute approximate surface area is 81.3 Å². The van der Waals surface area contributed by atoms with Crippen LogP contribution in [0.2, 0.25) is 0 Å². The summed E-state index contributed by atoms with van der Waals surface area (Å²) in [5.41, 5.74) is 3.54. The molecule has 2 atom stereocenters. The van der Waals surface area contributed by atoms with Crippen LogP contribution in [0.5, 0.6) is 0 Å². The highest BCUT2D eigenvalue weighted by Gasteiger charge is 2.53. The lowest BCUT2D eigenvalue weighted by molar-refractivity contribution is -0.157. The summed E-state index contributed by atoms with van der Waals surface area (Å²) in [6, 6.07) is 0. The average molecular weight is 196 g/mol. The first-order chi connectivity index (χ1) is 6.69. The number of carbonyl (C=O) groups is 1. The quantitative estimate of drug-likeness (QED) is 0.620. The van der Waals surface area contributed by atoms with E-state index in [1.54, 1.807) is 12.3 Å². The van der Waals surface area contributed by atoms with Crippen molar-refractivity contribution >= 4 is 5.97 Å². The maximum absolute atomic E-state index is 10.7. The van der Waals surface area contributed by atoms with E-state index in [-0.39, 0.29) is 11.8 Å². The summed E-state index contributed by atoms with van der Waals surface area (Å²) >= 11 is 0. The minimum absolute atomic E-state index is 0.108. The predicted molar refractivity (Wildman–Crippen MR) is 47.0 cm³/mol. The fraction of sp³-hybridized carbons (Fsp3) is 0.667. The number of hydrazine groups is 1. The van der Waals surface area contributed by atoms with Gasteiger partial charge in [0, 0.05) is 18.2 Å². The Bertz CT molecular complexity index is 311. The van der Waals surface area contributed by atoms with Gasteiger partial charge in [-0.2, -0.15) is 0 Å². The van der Waals surface area contributed by atoms with Crippen LogP contribution < -0.4 is 5.43 Å². The van der Waals surface area contributed by atoms with Crippen LogP contribution in [0.1, 0.15) is 19.3 Å². The van der Waals surface area contributed by atoms with Crippen molar-refractivity contribution < 1.29 is 14.6 Å². The van der Waals surface area contributed by atoms with E-state index < -0.39 is 12.1 Å². The molecule has 2 unspecified atom stereocenters. The molecule has 2 N–H and O–H groups in total. The van der Waals surface area contributed by atoms with Gasteiger partial charge in [0.2, 0.25) is 0 Å². The number of fused-ring (bicyclic) bond motifs is 1. The molecule has 5 nitrogen and oxygen atoms in total. The van der Waals surface area contributed by atoms with Crippen LogP contribution >= 0.6 is 0 Å². The highest BCUT2D eigenvalue weighted by molar-refractivity contribution is 5.74. The van der Waals surface area contributed by atoms with Gasteiger partial charge in [0.1, 0.15) is 6.23 Å². The SMILES string of the molecule is O=C(O)C1C=CN2NC3(CC3)CC2O1. The second-order valence-electron chi connectivity index (χ2n) is 4.19. The molecule has 1 spiro atoms. The molecule has 0 radical (unpaired) electrons. The zero-order valence-corrected chi connectivity index (χ0v) is 7.64. The van der Waals surface area contributed by atoms with Crippen LogP contribution in [0.15, 0.2) is 12.3 Å². The number of carboxylic acids is 1. The molecule has 2 aliphatic heterocycles.